The van der Waals surface area contributed by atoms with Crippen molar-refractivity contribution in [3.63, 3.8) is 0 Å². The molecule has 0 bridgehead atoms. The molecule has 0 aliphatic heterocycles. The van der Waals surface area contributed by atoms with Crippen molar-refractivity contribution in [3.8, 4) is 0 Å². The van der Waals surface area contributed by atoms with E-state index in [1.54, 1.807) is 18.2 Å². The van der Waals surface area contributed by atoms with E-state index in [0.717, 1.165) is 19.8 Å². The number of unbranched alkanes of at least 4 members (excludes halogenated alkanes) is 1. The summed E-state index contributed by atoms with van der Waals surface area (Å²) < 4.78 is 25.0. The second-order valence-corrected chi connectivity index (χ2v) is 8.29. The number of amides is 1. The summed E-state index contributed by atoms with van der Waals surface area (Å²) in [6.07, 6.45) is 1.93. The molecule has 1 amide bonds. The van der Waals surface area contributed by atoms with Crippen LogP contribution in [0.1, 0.15) is 37.0 Å². The second kappa shape index (κ2) is 18.4. The first kappa shape index (κ1) is 35.6. The number of rotatable bonds is 6. The van der Waals surface area contributed by atoms with Gasteiger partial charge in [-0.05, 0) is 54.9 Å². The Balaban J connectivity index is -0.00000119. The molecule has 182 valence electrons. The largest absolute Gasteiger partial charge is 2.00 e. The van der Waals surface area contributed by atoms with Crippen molar-refractivity contribution >= 4 is 39.5 Å². The number of carbonyl (C=O) groups is 2. The Bertz CT molecular complexity index is 967. The smallest absolute Gasteiger partial charge is 0.269 e. The molecular formula is C20H23N3O7S2U-6. The van der Waals surface area contributed by atoms with Crippen LogP contribution >= 0.6 is 0 Å². The van der Waals surface area contributed by atoms with Gasteiger partial charge in [-0.1, -0.05) is 31.5 Å². The monoisotopic (exact) mass is 719 g/mol. The summed E-state index contributed by atoms with van der Waals surface area (Å²) in [4.78, 5) is 25.4. The fraction of sp³-hybridized carbons (Fsp3) is 0.250. The molecule has 33 heavy (non-hydrogen) atoms. The Kier molecular flexibility index (Phi) is 19.9. The molecule has 10 nitrogen and oxygen atoms in total. The quantitative estimate of drug-likeness (QED) is 0.147. The van der Waals surface area contributed by atoms with Gasteiger partial charge in [-0.25, -0.2) is 8.42 Å². The maximum absolute atomic E-state index is 12.5. The molecular weight excluding hydrogens is 696 g/mol. The number of carboxylic acid groups (broad SMARTS) is 1. The number of carbonyl (C=O) groups excluding carboxylic acids is 2. The zero-order valence-corrected chi connectivity index (χ0v) is 23.7. The topological polar surface area (TPSA) is 185 Å². The van der Waals surface area contributed by atoms with Gasteiger partial charge in [-0.2, -0.15) is 0 Å². The van der Waals surface area contributed by atoms with Crippen LogP contribution in [0.4, 0.5) is 0 Å². The Hall–Kier alpha value is -2.01. The minimum atomic E-state index is -3.60. The molecule has 2 N–H and O–H groups in total. The Morgan fingerprint density at radius 2 is 1.45 bits per heavy atom. The van der Waals surface area contributed by atoms with Crippen LogP contribution in [0.25, 0.3) is 0 Å². The maximum atomic E-state index is 12.5. The molecule has 0 unspecified atom stereocenters. The molecule has 13 heteroatoms. The molecule has 0 aromatic heterocycles. The summed E-state index contributed by atoms with van der Waals surface area (Å²) >= 11 is 4.99. The molecule has 2 rings (SSSR count). The summed E-state index contributed by atoms with van der Waals surface area (Å²) in [5.41, 5.74) is 5.31. The molecule has 0 saturated heterocycles. The zero-order valence-electron chi connectivity index (χ0n) is 17.9. The number of amidine groups is 1. The van der Waals surface area contributed by atoms with E-state index in [9.17, 15) is 13.2 Å². The Labute approximate surface area is 222 Å². The van der Waals surface area contributed by atoms with Gasteiger partial charge in [0.2, 0.25) is 9.84 Å². The first-order valence-corrected chi connectivity index (χ1v) is 10.9. The van der Waals surface area contributed by atoms with Gasteiger partial charge in [0, 0.05) is 49.2 Å². The first-order chi connectivity index (χ1) is 14.2. The zero-order chi connectivity index (χ0) is 22.6. The number of benzene rings is 2. The van der Waals surface area contributed by atoms with Crippen molar-refractivity contribution in [2.45, 2.75) is 36.5 Å². The number of hydrazine groups is 1. The van der Waals surface area contributed by atoms with E-state index in [1.807, 2.05) is 0 Å². The minimum Gasteiger partial charge on any atom is -2.00 e. The number of aliphatic carboxylic acids is 1. The van der Waals surface area contributed by atoms with Gasteiger partial charge in [-0.15, -0.1) is 0 Å². The van der Waals surface area contributed by atoms with Gasteiger partial charge in [0.1, 0.15) is 0 Å². The average molecular weight is 720 g/mol. The molecule has 0 heterocycles. The predicted molar refractivity (Wildman–Crippen MR) is 116 cm³/mol. The van der Waals surface area contributed by atoms with Gasteiger partial charge >= 0.3 is 0 Å². The van der Waals surface area contributed by atoms with Crippen molar-refractivity contribution in [3.05, 3.63) is 60.2 Å². The van der Waals surface area contributed by atoms with Crippen molar-refractivity contribution in [2.75, 3.05) is 6.54 Å². The second-order valence-electron chi connectivity index (χ2n) is 5.95. The van der Waals surface area contributed by atoms with Crippen LogP contribution in [0, 0.1) is 31.1 Å². The van der Waals surface area contributed by atoms with Crippen molar-refractivity contribution < 1.29 is 65.2 Å². The van der Waals surface area contributed by atoms with E-state index < -0.39 is 21.7 Å². The number of carboxylic acids is 1. The molecule has 0 radical (unpaired) electrons. The summed E-state index contributed by atoms with van der Waals surface area (Å²) in [6, 6.07) is 13.8. The van der Waals surface area contributed by atoms with Gasteiger partial charge < -0.3 is 38.9 Å². The minimum absolute atomic E-state index is 0. The number of hydrogen-bond donors (Lipinski definition) is 2. The van der Waals surface area contributed by atoms with Crippen LogP contribution < -0.4 is 16.0 Å². The van der Waals surface area contributed by atoms with Crippen LogP contribution in [0.5, 0.6) is 0 Å². The Morgan fingerprint density at radius 1 is 0.970 bits per heavy atom. The van der Waals surface area contributed by atoms with Crippen LogP contribution in [0.2, 0.25) is 0 Å². The summed E-state index contributed by atoms with van der Waals surface area (Å²) in [5, 5.41) is 9.09. The third-order valence-corrected chi connectivity index (χ3v) is 5.55. The van der Waals surface area contributed by atoms with Crippen LogP contribution in [0.15, 0.2) is 69.4 Å². The van der Waals surface area contributed by atoms with E-state index in [0.29, 0.717) is 12.1 Å². The SMILES string of the molecule is CC(=O)[O-].CCCCN=C([S-])NNC(=O)c1ccc(S(=O)(=O)c2ccccc2)cc1.[O-2].[O-2].[U]. The van der Waals surface area contributed by atoms with E-state index >= 15 is 0 Å². The molecule has 0 saturated carbocycles. The molecule has 2 aromatic rings. The summed E-state index contributed by atoms with van der Waals surface area (Å²) in [6.45, 7) is 3.62. The predicted octanol–water partition coefficient (Wildman–Crippen LogP) is 0.975. The number of hydrogen-bond acceptors (Lipinski definition) is 7. The average Bonchev–Trinajstić information content (AvgIpc) is 2.72. The van der Waals surface area contributed by atoms with Crippen LogP contribution in [-0.2, 0) is 38.2 Å². The van der Waals surface area contributed by atoms with Gasteiger partial charge in [-0.3, -0.25) is 15.2 Å². The molecule has 0 aliphatic rings. The molecule has 2 aromatic carbocycles. The summed E-state index contributed by atoms with van der Waals surface area (Å²) in [5.74, 6) is -1.51. The number of sulfone groups is 1. The first-order valence-electron chi connectivity index (χ1n) is 9.04. The molecule has 0 atom stereocenters. The normalized spacial score (nSPS) is 10.1. The summed E-state index contributed by atoms with van der Waals surface area (Å²) in [7, 11) is -3.60. The number of aliphatic imine (C=N–C) groups is 1. The molecule has 0 aliphatic carbocycles. The Morgan fingerprint density at radius 3 is 1.94 bits per heavy atom. The van der Waals surface area contributed by atoms with Gasteiger partial charge in [0.25, 0.3) is 5.91 Å². The molecule has 0 fully saturated rings. The standard InChI is InChI=1S/C18H21N3O3S2.C2H4O2.2O.U/c1-2-3-13-19-18(25)21-20-17(22)14-9-11-16(12-10-14)26(23,24)15-7-5-4-6-8-15;1-2(3)4;;;/h4-12H,2-3,13H2,1H3,(H,20,22)(H2,19,21,25);1H3,(H,3,4);;;/q;;2*-2;/p-2. The number of nitrogens with zero attached hydrogens (tertiary/aromatic N) is 1. The maximum Gasteiger partial charge on any atom is 0.269 e. The van der Waals surface area contributed by atoms with Crippen molar-refractivity contribution in [2.24, 2.45) is 4.99 Å². The van der Waals surface area contributed by atoms with Crippen molar-refractivity contribution in [1.29, 1.82) is 0 Å². The van der Waals surface area contributed by atoms with Crippen LogP contribution in [0.3, 0.4) is 0 Å². The third kappa shape index (κ3) is 13.3. The fourth-order valence-corrected chi connectivity index (χ4v) is 3.51. The van der Waals surface area contributed by atoms with Gasteiger partial charge in [0.15, 0.2) is 0 Å². The van der Waals surface area contributed by atoms with Crippen LogP contribution in [-0.4, -0.2) is 32.0 Å². The van der Waals surface area contributed by atoms with E-state index in [1.165, 1.54) is 36.4 Å². The van der Waals surface area contributed by atoms with E-state index in [4.69, 9.17) is 22.5 Å². The van der Waals surface area contributed by atoms with Gasteiger partial charge in [0.05, 0.1) is 9.79 Å². The van der Waals surface area contributed by atoms with E-state index in [-0.39, 0.29) is 57.0 Å². The van der Waals surface area contributed by atoms with E-state index in [2.05, 4.69) is 22.8 Å². The fourth-order valence-electron chi connectivity index (χ4n) is 2.08. The third-order valence-electron chi connectivity index (χ3n) is 3.53. The molecule has 0 spiro atoms. The number of nitrogens with one attached hydrogen (secondary N) is 2. The van der Waals surface area contributed by atoms with Crippen molar-refractivity contribution in [1.82, 2.24) is 10.9 Å².